The van der Waals surface area contributed by atoms with Gasteiger partial charge >= 0.3 is 0 Å². The lowest BCUT2D eigenvalue weighted by Gasteiger charge is -2.32. The van der Waals surface area contributed by atoms with E-state index in [2.05, 4.69) is 39.2 Å². The Kier molecular flexibility index (Phi) is 5.28. The van der Waals surface area contributed by atoms with Gasteiger partial charge < -0.3 is 10.3 Å². The molecule has 2 N–H and O–H groups in total. The first-order valence-electron chi connectivity index (χ1n) is 8.68. The van der Waals surface area contributed by atoms with E-state index in [0.29, 0.717) is 26.1 Å². The molecular formula is C19H24N4O2. The summed E-state index contributed by atoms with van der Waals surface area (Å²) in [6.07, 6.45) is 2.05. The second kappa shape index (κ2) is 7.61. The quantitative estimate of drug-likeness (QED) is 0.863. The van der Waals surface area contributed by atoms with Crippen molar-refractivity contribution in [3.63, 3.8) is 0 Å². The number of nitrogens with zero attached hydrogens (tertiary/aromatic N) is 2. The zero-order valence-electron chi connectivity index (χ0n) is 14.7. The maximum atomic E-state index is 12.5. The minimum Gasteiger partial charge on any atom is -0.354 e. The molecule has 0 radical (unpaired) electrons. The van der Waals surface area contributed by atoms with Gasteiger partial charge in [0.15, 0.2) is 0 Å². The van der Waals surface area contributed by atoms with E-state index in [9.17, 15) is 9.59 Å². The van der Waals surface area contributed by atoms with Crippen LogP contribution >= 0.6 is 0 Å². The maximum absolute atomic E-state index is 12.5. The van der Waals surface area contributed by atoms with E-state index in [-0.39, 0.29) is 23.4 Å². The molecule has 0 spiro atoms. The van der Waals surface area contributed by atoms with E-state index >= 15 is 0 Å². The van der Waals surface area contributed by atoms with Crippen molar-refractivity contribution in [3.05, 3.63) is 63.8 Å². The highest BCUT2D eigenvalue weighted by Gasteiger charge is 2.27. The number of nitrogens with one attached hydrogen (secondary N) is 2. The molecule has 0 saturated carbocycles. The van der Waals surface area contributed by atoms with Crippen molar-refractivity contribution in [2.75, 3.05) is 13.1 Å². The second-order valence-electron chi connectivity index (χ2n) is 6.61. The van der Waals surface area contributed by atoms with Crippen molar-refractivity contribution < 1.29 is 4.79 Å². The third-order valence-corrected chi connectivity index (χ3v) is 4.92. The summed E-state index contributed by atoms with van der Waals surface area (Å²) in [6.45, 7) is 5.83. The molecule has 1 aliphatic rings. The van der Waals surface area contributed by atoms with Gasteiger partial charge in [0.1, 0.15) is 0 Å². The zero-order valence-corrected chi connectivity index (χ0v) is 14.7. The third kappa shape index (κ3) is 3.96. The molecule has 0 unspecified atom stereocenters. The predicted octanol–water partition coefficient (Wildman–Crippen LogP) is 1.44. The summed E-state index contributed by atoms with van der Waals surface area (Å²) in [4.78, 5) is 33.2. The Morgan fingerprint density at radius 3 is 2.84 bits per heavy atom. The number of hydrogen-bond donors (Lipinski definition) is 2. The fraction of sp³-hybridized carbons (Fsp3) is 0.421. The lowest BCUT2D eigenvalue weighted by atomic mass is 10.0. The SMILES string of the molecule is C[C@H](C(=O)NC[C@H](C)c1ccccc1)N1CCc2c(nc[nH]c2=O)C1. The van der Waals surface area contributed by atoms with Gasteiger partial charge in [0.05, 0.1) is 18.1 Å². The maximum Gasteiger partial charge on any atom is 0.254 e. The molecule has 2 atom stereocenters. The Labute approximate surface area is 147 Å². The van der Waals surface area contributed by atoms with Crippen LogP contribution in [-0.4, -0.2) is 39.9 Å². The van der Waals surface area contributed by atoms with E-state index in [1.165, 1.54) is 11.9 Å². The van der Waals surface area contributed by atoms with Crippen LogP contribution in [0.4, 0.5) is 0 Å². The summed E-state index contributed by atoms with van der Waals surface area (Å²) in [5.74, 6) is 0.274. The fourth-order valence-corrected chi connectivity index (χ4v) is 3.18. The summed E-state index contributed by atoms with van der Waals surface area (Å²) < 4.78 is 0. The molecule has 1 aromatic heterocycles. The molecule has 0 aliphatic carbocycles. The van der Waals surface area contributed by atoms with E-state index < -0.39 is 0 Å². The van der Waals surface area contributed by atoms with Crippen LogP contribution in [0.3, 0.4) is 0 Å². The van der Waals surface area contributed by atoms with Crippen LogP contribution in [0.5, 0.6) is 0 Å². The summed E-state index contributed by atoms with van der Waals surface area (Å²) in [7, 11) is 0. The smallest absolute Gasteiger partial charge is 0.254 e. The van der Waals surface area contributed by atoms with Crippen molar-refractivity contribution in [3.8, 4) is 0 Å². The van der Waals surface area contributed by atoms with E-state index in [1.807, 2.05) is 25.1 Å². The molecule has 0 bridgehead atoms. The number of aromatic amines is 1. The molecule has 6 nitrogen and oxygen atoms in total. The van der Waals surface area contributed by atoms with Crippen LogP contribution in [0.1, 0.15) is 36.6 Å². The predicted molar refractivity (Wildman–Crippen MR) is 96.3 cm³/mol. The molecule has 1 aliphatic heterocycles. The Morgan fingerprint density at radius 1 is 1.32 bits per heavy atom. The largest absolute Gasteiger partial charge is 0.354 e. The highest BCUT2D eigenvalue weighted by atomic mass is 16.2. The molecule has 0 saturated heterocycles. The Balaban J connectivity index is 1.57. The van der Waals surface area contributed by atoms with Crippen molar-refractivity contribution in [2.45, 2.75) is 38.8 Å². The van der Waals surface area contributed by atoms with Gasteiger partial charge in [-0.25, -0.2) is 4.98 Å². The molecule has 132 valence electrons. The van der Waals surface area contributed by atoms with Gasteiger partial charge in [-0.1, -0.05) is 37.3 Å². The molecule has 25 heavy (non-hydrogen) atoms. The van der Waals surface area contributed by atoms with Crippen molar-refractivity contribution >= 4 is 5.91 Å². The number of hydrogen-bond acceptors (Lipinski definition) is 4. The summed E-state index contributed by atoms with van der Waals surface area (Å²) >= 11 is 0. The number of carbonyl (C=O) groups excluding carboxylic acids is 1. The first-order valence-corrected chi connectivity index (χ1v) is 8.68. The second-order valence-corrected chi connectivity index (χ2v) is 6.61. The van der Waals surface area contributed by atoms with Crippen LogP contribution in [-0.2, 0) is 17.8 Å². The molecule has 6 heteroatoms. The third-order valence-electron chi connectivity index (χ3n) is 4.92. The van der Waals surface area contributed by atoms with Gasteiger partial charge in [-0.05, 0) is 24.8 Å². The number of carbonyl (C=O) groups is 1. The van der Waals surface area contributed by atoms with Gasteiger partial charge in [0, 0.05) is 25.2 Å². The van der Waals surface area contributed by atoms with Crippen LogP contribution in [0, 0.1) is 0 Å². The Hall–Kier alpha value is -2.47. The van der Waals surface area contributed by atoms with Crippen molar-refractivity contribution in [1.82, 2.24) is 20.2 Å². The van der Waals surface area contributed by atoms with Gasteiger partial charge in [0.2, 0.25) is 5.91 Å². The number of amides is 1. The van der Waals surface area contributed by atoms with Crippen molar-refractivity contribution in [1.29, 1.82) is 0 Å². The van der Waals surface area contributed by atoms with Crippen molar-refractivity contribution in [2.24, 2.45) is 0 Å². The molecule has 2 heterocycles. The highest BCUT2D eigenvalue weighted by molar-refractivity contribution is 5.81. The number of rotatable bonds is 5. The van der Waals surface area contributed by atoms with Gasteiger partial charge in [-0.3, -0.25) is 14.5 Å². The lowest BCUT2D eigenvalue weighted by molar-refractivity contribution is -0.126. The first-order chi connectivity index (χ1) is 12.1. The van der Waals surface area contributed by atoms with E-state index in [0.717, 1.165) is 11.3 Å². The number of aromatic nitrogens is 2. The normalized spacial score (nSPS) is 16.7. The van der Waals surface area contributed by atoms with Crippen LogP contribution in [0.15, 0.2) is 41.5 Å². The molecule has 2 aromatic rings. The molecule has 1 aromatic carbocycles. The molecular weight excluding hydrogens is 316 g/mol. The van der Waals surface area contributed by atoms with Gasteiger partial charge in [-0.2, -0.15) is 0 Å². The standard InChI is InChI=1S/C19H24N4O2/c1-13(15-6-4-3-5-7-15)10-20-18(24)14(2)23-9-8-16-17(11-23)21-12-22-19(16)25/h3-7,12-14H,8-11H2,1-2H3,(H,20,24)(H,21,22,25)/t13-,14+/m0/s1. The summed E-state index contributed by atoms with van der Waals surface area (Å²) in [5.41, 5.74) is 2.65. The average Bonchev–Trinajstić information content (AvgIpc) is 2.65. The highest BCUT2D eigenvalue weighted by Crippen LogP contribution is 2.16. The molecule has 0 fully saturated rings. The average molecular weight is 340 g/mol. The van der Waals surface area contributed by atoms with E-state index in [4.69, 9.17) is 0 Å². The van der Waals surface area contributed by atoms with Crippen LogP contribution in [0.2, 0.25) is 0 Å². The number of H-pyrrole nitrogens is 1. The Morgan fingerprint density at radius 2 is 2.08 bits per heavy atom. The van der Waals surface area contributed by atoms with Gasteiger partial charge in [0.25, 0.3) is 5.56 Å². The number of benzene rings is 1. The van der Waals surface area contributed by atoms with Crippen LogP contribution < -0.4 is 10.9 Å². The first kappa shape index (κ1) is 17.4. The number of fused-ring (bicyclic) bond motifs is 1. The lowest BCUT2D eigenvalue weighted by Crippen LogP contribution is -2.48. The monoisotopic (exact) mass is 340 g/mol. The minimum absolute atomic E-state index is 0.0103. The van der Waals surface area contributed by atoms with Crippen LogP contribution in [0.25, 0.3) is 0 Å². The molecule has 3 rings (SSSR count). The van der Waals surface area contributed by atoms with E-state index in [1.54, 1.807) is 0 Å². The fourth-order valence-electron chi connectivity index (χ4n) is 3.18. The zero-order chi connectivity index (χ0) is 17.8. The summed E-state index contributed by atoms with van der Waals surface area (Å²) in [6, 6.07) is 9.91. The Bertz CT molecular complexity index is 788. The topological polar surface area (TPSA) is 78.1 Å². The minimum atomic E-state index is -0.253. The summed E-state index contributed by atoms with van der Waals surface area (Å²) in [5, 5.41) is 3.04. The molecule has 1 amide bonds. The van der Waals surface area contributed by atoms with Gasteiger partial charge in [-0.15, -0.1) is 0 Å².